The lowest BCUT2D eigenvalue weighted by molar-refractivity contribution is 0.194. The Morgan fingerprint density at radius 2 is 1.14 bits per heavy atom. The minimum Gasteiger partial charge on any atom is -0.385 e. The first kappa shape index (κ1) is 39.8. The molecule has 260 valence electrons. The number of ether oxygens (including phenoxy) is 2. The van der Waals surface area contributed by atoms with Crippen molar-refractivity contribution in [3.63, 3.8) is 0 Å². The minimum absolute atomic E-state index is 0.289. The molecule has 0 spiro atoms. The van der Waals surface area contributed by atoms with Crippen LogP contribution in [0, 0.1) is 0 Å². The molecule has 10 nitrogen and oxygen atoms in total. The van der Waals surface area contributed by atoms with Crippen LogP contribution in [0.15, 0.2) is 66.7 Å². The molecular formula is C35H40Cl4N8O2. The lowest BCUT2D eigenvalue weighted by atomic mass is 10.1. The molecule has 49 heavy (non-hydrogen) atoms. The monoisotopic (exact) mass is 744 g/mol. The molecule has 0 saturated carbocycles. The van der Waals surface area contributed by atoms with E-state index in [0.717, 1.165) is 18.4 Å². The second kappa shape index (κ2) is 21.4. The molecular weight excluding hydrogens is 706 g/mol. The van der Waals surface area contributed by atoms with Crippen LogP contribution in [0.25, 0.3) is 22.5 Å². The maximum atomic E-state index is 6.39. The van der Waals surface area contributed by atoms with E-state index in [9.17, 15) is 0 Å². The Hall–Kier alpha value is -3.64. The van der Waals surface area contributed by atoms with Gasteiger partial charge in [-0.25, -0.2) is 9.97 Å². The van der Waals surface area contributed by atoms with E-state index in [2.05, 4.69) is 35.7 Å². The van der Waals surface area contributed by atoms with E-state index in [1.807, 2.05) is 56.3 Å². The highest BCUT2D eigenvalue weighted by molar-refractivity contribution is 6.44. The van der Waals surface area contributed by atoms with Crippen LogP contribution in [0.2, 0.25) is 20.1 Å². The van der Waals surface area contributed by atoms with Crippen molar-refractivity contribution in [3.8, 4) is 22.5 Å². The standard InChI is InChI=1S/C20H20Cl2N4O.C13H14Cl2N4O.C2H6/c1-27-12-6-11-17-24-20(23-13-14-7-3-2-4-8-14)19(26-25-17)15-9-5-10-16(21)18(15)22;1-20-7-3-6-10-17-13(16)12(19-18-10)8-4-2-5-9(14)11(8)15;1-2/h2-5,7-10H,6,11-13H2,1H3,(H,23,24,25);2,4-5H,3,6-7H2,1H3,(H2,16,17,18);1-2H3. The van der Waals surface area contributed by atoms with Gasteiger partial charge in [-0.3, -0.25) is 0 Å². The van der Waals surface area contributed by atoms with Gasteiger partial charge in [-0.2, -0.15) is 0 Å². The first-order valence-corrected chi connectivity index (χ1v) is 17.2. The number of aromatic nitrogens is 6. The molecule has 0 atom stereocenters. The van der Waals surface area contributed by atoms with Gasteiger partial charge in [0.2, 0.25) is 0 Å². The second-order valence-corrected chi connectivity index (χ2v) is 11.7. The maximum absolute atomic E-state index is 6.39. The summed E-state index contributed by atoms with van der Waals surface area (Å²) in [7, 11) is 3.33. The number of nitrogens with one attached hydrogen (secondary N) is 1. The van der Waals surface area contributed by atoms with Crippen LogP contribution in [0.5, 0.6) is 0 Å². The van der Waals surface area contributed by atoms with Crippen molar-refractivity contribution in [1.29, 1.82) is 0 Å². The van der Waals surface area contributed by atoms with Crippen LogP contribution in [0.3, 0.4) is 0 Å². The third-order valence-corrected chi connectivity index (χ3v) is 8.34. The molecule has 3 N–H and O–H groups in total. The molecule has 5 aromatic rings. The largest absolute Gasteiger partial charge is 0.385 e. The summed E-state index contributed by atoms with van der Waals surface area (Å²) in [5.41, 5.74) is 9.41. The molecule has 0 bridgehead atoms. The summed E-state index contributed by atoms with van der Waals surface area (Å²) in [6.45, 7) is 5.91. The zero-order chi connectivity index (χ0) is 35.6. The third-order valence-electron chi connectivity index (χ3n) is 6.70. The number of hydrogen-bond acceptors (Lipinski definition) is 10. The Morgan fingerprint density at radius 1 is 0.633 bits per heavy atom. The van der Waals surface area contributed by atoms with Crippen LogP contribution in [-0.4, -0.2) is 57.8 Å². The Kier molecular flexibility index (Phi) is 17.4. The van der Waals surface area contributed by atoms with Crippen molar-refractivity contribution in [2.75, 3.05) is 38.5 Å². The fourth-order valence-electron chi connectivity index (χ4n) is 4.35. The molecule has 0 fully saturated rings. The number of nitrogen functional groups attached to an aromatic ring is 1. The van der Waals surface area contributed by atoms with Gasteiger partial charge in [0.05, 0.1) is 20.1 Å². The normalized spacial score (nSPS) is 10.4. The van der Waals surface area contributed by atoms with Gasteiger partial charge in [0.25, 0.3) is 0 Å². The molecule has 3 aromatic carbocycles. The zero-order valence-corrected chi connectivity index (χ0v) is 30.9. The van der Waals surface area contributed by atoms with Crippen LogP contribution >= 0.6 is 46.4 Å². The van der Waals surface area contributed by atoms with E-state index in [1.165, 1.54) is 0 Å². The number of rotatable bonds is 13. The third kappa shape index (κ3) is 12.0. The average Bonchev–Trinajstić information content (AvgIpc) is 3.12. The number of benzene rings is 3. The van der Waals surface area contributed by atoms with Gasteiger partial charge < -0.3 is 20.5 Å². The highest BCUT2D eigenvalue weighted by atomic mass is 35.5. The summed E-state index contributed by atoms with van der Waals surface area (Å²) in [6.07, 6.45) is 2.99. The van der Waals surface area contributed by atoms with Crippen LogP contribution in [-0.2, 0) is 28.9 Å². The van der Waals surface area contributed by atoms with E-state index >= 15 is 0 Å². The molecule has 14 heteroatoms. The van der Waals surface area contributed by atoms with Crippen molar-refractivity contribution in [3.05, 3.63) is 104 Å². The highest BCUT2D eigenvalue weighted by Gasteiger charge is 2.16. The molecule has 2 heterocycles. The summed E-state index contributed by atoms with van der Waals surface area (Å²) >= 11 is 24.7. The SMILES string of the molecule is CC.COCCCc1nnc(-c2cccc(Cl)c2Cl)c(N)n1.COCCCc1nnc(-c2cccc(Cl)c2Cl)c(NCc2ccccc2)n1. The van der Waals surface area contributed by atoms with E-state index in [1.54, 1.807) is 38.5 Å². The van der Waals surface area contributed by atoms with E-state index in [0.29, 0.717) is 92.7 Å². The maximum Gasteiger partial charge on any atom is 0.157 e. The Morgan fingerprint density at radius 3 is 1.67 bits per heavy atom. The van der Waals surface area contributed by atoms with E-state index in [-0.39, 0.29) is 5.82 Å². The molecule has 0 unspecified atom stereocenters. The first-order valence-electron chi connectivity index (χ1n) is 15.7. The van der Waals surface area contributed by atoms with Gasteiger partial charge in [-0.15, -0.1) is 20.4 Å². The molecule has 0 radical (unpaired) electrons. The molecule has 5 rings (SSSR count). The number of nitrogens with zero attached hydrogens (tertiary/aromatic N) is 6. The Balaban J connectivity index is 0.000000263. The highest BCUT2D eigenvalue weighted by Crippen LogP contribution is 2.36. The van der Waals surface area contributed by atoms with E-state index < -0.39 is 0 Å². The molecule has 2 aromatic heterocycles. The van der Waals surface area contributed by atoms with E-state index in [4.69, 9.17) is 61.6 Å². The van der Waals surface area contributed by atoms with Gasteiger partial charge in [0, 0.05) is 57.9 Å². The van der Waals surface area contributed by atoms with Crippen molar-refractivity contribution < 1.29 is 9.47 Å². The summed E-state index contributed by atoms with van der Waals surface area (Å²) in [5.74, 6) is 2.16. The number of aryl methyl sites for hydroxylation is 2. The summed E-state index contributed by atoms with van der Waals surface area (Å²) in [6, 6.07) is 20.8. The smallest absolute Gasteiger partial charge is 0.157 e. The number of anilines is 2. The number of halogens is 4. The predicted octanol–water partition coefficient (Wildman–Crippen LogP) is 9.07. The van der Waals surface area contributed by atoms with Crippen LogP contribution in [0.1, 0.15) is 43.9 Å². The summed E-state index contributed by atoms with van der Waals surface area (Å²) in [4.78, 5) is 8.90. The fraction of sp³-hybridized carbons (Fsp3) is 0.314. The molecule has 0 aliphatic heterocycles. The molecule has 0 aliphatic carbocycles. The topological polar surface area (TPSA) is 134 Å². The molecule has 0 amide bonds. The van der Waals surface area contributed by atoms with Gasteiger partial charge in [-0.1, -0.05) is 115 Å². The minimum atomic E-state index is 0.289. The fourth-order valence-corrected chi connectivity index (χ4v) is 5.13. The van der Waals surface area contributed by atoms with Gasteiger partial charge in [0.15, 0.2) is 23.3 Å². The van der Waals surface area contributed by atoms with Crippen LogP contribution in [0.4, 0.5) is 11.6 Å². The number of methoxy groups -OCH3 is 2. The number of nitrogens with two attached hydrogens (primary N) is 1. The van der Waals surface area contributed by atoms with Gasteiger partial charge in [0.1, 0.15) is 11.4 Å². The van der Waals surface area contributed by atoms with Gasteiger partial charge in [-0.05, 0) is 30.5 Å². The first-order chi connectivity index (χ1) is 23.8. The summed E-state index contributed by atoms with van der Waals surface area (Å²) < 4.78 is 10.1. The Labute approximate surface area is 307 Å². The van der Waals surface area contributed by atoms with Crippen molar-refractivity contribution in [2.24, 2.45) is 0 Å². The predicted molar refractivity (Wildman–Crippen MR) is 200 cm³/mol. The zero-order valence-electron chi connectivity index (χ0n) is 27.9. The number of hydrogen-bond donors (Lipinski definition) is 2. The molecule has 0 aliphatic rings. The van der Waals surface area contributed by atoms with Gasteiger partial charge >= 0.3 is 0 Å². The van der Waals surface area contributed by atoms with Crippen molar-refractivity contribution >= 4 is 58.0 Å². The van der Waals surface area contributed by atoms with Crippen molar-refractivity contribution in [2.45, 2.75) is 46.1 Å². The second-order valence-electron chi connectivity index (χ2n) is 10.1. The summed E-state index contributed by atoms with van der Waals surface area (Å²) in [5, 5.41) is 21.9. The molecule has 0 saturated heterocycles. The average molecular weight is 747 g/mol. The Bertz CT molecular complexity index is 1750. The lowest BCUT2D eigenvalue weighted by Crippen LogP contribution is -2.09. The quantitative estimate of drug-likeness (QED) is 0.112. The lowest BCUT2D eigenvalue weighted by Gasteiger charge is -2.13. The van der Waals surface area contributed by atoms with Crippen LogP contribution < -0.4 is 11.1 Å². The van der Waals surface area contributed by atoms with Crippen molar-refractivity contribution in [1.82, 2.24) is 30.4 Å².